The Morgan fingerprint density at radius 2 is 2.04 bits per heavy atom. The van der Waals surface area contributed by atoms with Crippen molar-refractivity contribution in [3.63, 3.8) is 0 Å². The van der Waals surface area contributed by atoms with Gasteiger partial charge in [-0.15, -0.1) is 0 Å². The van der Waals surface area contributed by atoms with E-state index in [9.17, 15) is 8.42 Å². The van der Waals surface area contributed by atoms with E-state index in [-0.39, 0.29) is 11.7 Å². The summed E-state index contributed by atoms with van der Waals surface area (Å²) in [6.45, 7) is 6.50. The van der Waals surface area contributed by atoms with Crippen molar-refractivity contribution in [1.29, 1.82) is 0 Å². The molecule has 0 aromatic heterocycles. The molecule has 2 rings (SSSR count). The number of nitrogens with zero attached hydrogens (tertiary/aromatic N) is 1. The van der Waals surface area contributed by atoms with E-state index in [0.717, 1.165) is 12.3 Å². The summed E-state index contributed by atoms with van der Waals surface area (Å²) in [6, 6.07) is 7.94. The van der Waals surface area contributed by atoms with E-state index < -0.39 is 9.84 Å². The molecule has 1 saturated heterocycles. The highest BCUT2D eigenvalue weighted by atomic mass is 32.2. The Morgan fingerprint density at radius 1 is 1.29 bits per heavy atom. The number of nitrogens with one attached hydrogen (secondary N) is 2. The van der Waals surface area contributed by atoms with Gasteiger partial charge in [0.2, 0.25) is 0 Å². The molecule has 2 N–H and O–H groups in total. The molecule has 1 unspecified atom stereocenters. The van der Waals surface area contributed by atoms with Crippen molar-refractivity contribution in [3.8, 4) is 5.75 Å². The first kappa shape index (κ1) is 18.6. The summed E-state index contributed by atoms with van der Waals surface area (Å²) in [5, 5.41) is 6.38. The zero-order valence-electron chi connectivity index (χ0n) is 14.4. The van der Waals surface area contributed by atoms with Crippen molar-refractivity contribution in [1.82, 2.24) is 10.6 Å². The molecular formula is C17H27N3O3S. The fraction of sp³-hybridized carbons (Fsp3) is 0.588. The standard InChI is InChI=1S/C17H27N3O3S/c1-3-18-17(20-12-15-8-11-24(21,22)13-15)19-9-10-23-16-6-4-14(2)5-7-16/h4-7,15H,3,8-13H2,1-2H3,(H2,18,19,20). The zero-order valence-corrected chi connectivity index (χ0v) is 15.2. The minimum Gasteiger partial charge on any atom is -0.492 e. The van der Waals surface area contributed by atoms with Gasteiger partial charge in [-0.3, -0.25) is 4.99 Å². The molecule has 0 saturated carbocycles. The Bertz CT molecular complexity index is 642. The molecule has 1 fully saturated rings. The van der Waals surface area contributed by atoms with Gasteiger partial charge in [0.25, 0.3) is 0 Å². The maximum Gasteiger partial charge on any atom is 0.191 e. The summed E-state index contributed by atoms with van der Waals surface area (Å²) in [4.78, 5) is 4.49. The quantitative estimate of drug-likeness (QED) is 0.440. The van der Waals surface area contributed by atoms with Crippen LogP contribution in [0.4, 0.5) is 0 Å². The Kier molecular flexibility index (Phi) is 6.90. The lowest BCUT2D eigenvalue weighted by atomic mass is 10.1. The maximum absolute atomic E-state index is 11.5. The predicted octanol–water partition coefficient (Wildman–Crippen LogP) is 1.36. The van der Waals surface area contributed by atoms with Gasteiger partial charge in [0.1, 0.15) is 12.4 Å². The molecule has 134 valence electrons. The fourth-order valence-electron chi connectivity index (χ4n) is 2.55. The van der Waals surface area contributed by atoms with Crippen LogP contribution in [0.2, 0.25) is 0 Å². The molecule has 1 aromatic rings. The second-order valence-corrected chi connectivity index (χ2v) is 8.31. The number of benzene rings is 1. The first-order valence-corrected chi connectivity index (χ1v) is 10.2. The summed E-state index contributed by atoms with van der Waals surface area (Å²) >= 11 is 0. The van der Waals surface area contributed by atoms with Crippen LogP contribution in [0.1, 0.15) is 18.9 Å². The Balaban J connectivity index is 1.74. The van der Waals surface area contributed by atoms with Crippen LogP contribution in [0, 0.1) is 12.8 Å². The van der Waals surface area contributed by atoms with Gasteiger partial charge in [0, 0.05) is 13.1 Å². The molecular weight excluding hydrogens is 326 g/mol. The van der Waals surface area contributed by atoms with Crippen LogP contribution < -0.4 is 15.4 Å². The second kappa shape index (κ2) is 8.92. The molecule has 0 bridgehead atoms. The fourth-order valence-corrected chi connectivity index (χ4v) is 4.40. The van der Waals surface area contributed by atoms with E-state index >= 15 is 0 Å². The highest BCUT2D eigenvalue weighted by molar-refractivity contribution is 7.91. The van der Waals surface area contributed by atoms with Crippen molar-refractivity contribution in [2.45, 2.75) is 20.3 Å². The van der Waals surface area contributed by atoms with E-state index in [1.165, 1.54) is 5.56 Å². The summed E-state index contributed by atoms with van der Waals surface area (Å²) in [5.74, 6) is 2.23. The number of hydrogen-bond donors (Lipinski definition) is 2. The van der Waals surface area contributed by atoms with Gasteiger partial charge in [0.05, 0.1) is 18.1 Å². The van der Waals surface area contributed by atoms with Crippen molar-refractivity contribution in [2.75, 3.05) is 37.7 Å². The summed E-state index contributed by atoms with van der Waals surface area (Å²) in [5.41, 5.74) is 1.20. The molecule has 1 aliphatic heterocycles. The highest BCUT2D eigenvalue weighted by Crippen LogP contribution is 2.18. The number of ether oxygens (including phenoxy) is 1. The topological polar surface area (TPSA) is 79.8 Å². The lowest BCUT2D eigenvalue weighted by molar-refractivity contribution is 0.322. The van der Waals surface area contributed by atoms with E-state index in [0.29, 0.717) is 37.8 Å². The first-order valence-electron chi connectivity index (χ1n) is 8.40. The minimum absolute atomic E-state index is 0.134. The second-order valence-electron chi connectivity index (χ2n) is 6.08. The summed E-state index contributed by atoms with van der Waals surface area (Å²) in [6.07, 6.45) is 0.710. The molecule has 7 heteroatoms. The summed E-state index contributed by atoms with van der Waals surface area (Å²) < 4.78 is 28.6. The highest BCUT2D eigenvalue weighted by Gasteiger charge is 2.27. The van der Waals surface area contributed by atoms with Crippen molar-refractivity contribution >= 4 is 15.8 Å². The van der Waals surface area contributed by atoms with Gasteiger partial charge in [-0.25, -0.2) is 8.42 Å². The smallest absolute Gasteiger partial charge is 0.191 e. The molecule has 0 amide bonds. The summed E-state index contributed by atoms with van der Waals surface area (Å²) in [7, 11) is -2.84. The maximum atomic E-state index is 11.5. The molecule has 1 atom stereocenters. The number of guanidine groups is 1. The lowest BCUT2D eigenvalue weighted by Gasteiger charge is -2.13. The van der Waals surface area contributed by atoms with Gasteiger partial charge in [-0.1, -0.05) is 17.7 Å². The van der Waals surface area contributed by atoms with Crippen molar-refractivity contribution in [3.05, 3.63) is 29.8 Å². The number of sulfone groups is 1. The van der Waals surface area contributed by atoms with E-state index in [2.05, 4.69) is 15.6 Å². The van der Waals surface area contributed by atoms with E-state index in [1.807, 2.05) is 38.1 Å². The van der Waals surface area contributed by atoms with Crippen molar-refractivity contribution in [2.24, 2.45) is 10.9 Å². The van der Waals surface area contributed by atoms with Gasteiger partial charge in [-0.2, -0.15) is 0 Å². The molecule has 1 aromatic carbocycles. The Hall–Kier alpha value is -1.76. The third-order valence-electron chi connectivity index (χ3n) is 3.86. The molecule has 0 spiro atoms. The van der Waals surface area contributed by atoms with E-state index in [1.54, 1.807) is 0 Å². The minimum atomic E-state index is -2.84. The first-order chi connectivity index (χ1) is 11.5. The number of rotatable bonds is 7. The SMILES string of the molecule is CCNC(=NCC1CCS(=O)(=O)C1)NCCOc1ccc(C)cc1. The Morgan fingerprint density at radius 3 is 2.67 bits per heavy atom. The molecule has 1 aliphatic rings. The van der Waals surface area contributed by atoms with Gasteiger partial charge in [0.15, 0.2) is 15.8 Å². The van der Waals surface area contributed by atoms with Crippen LogP contribution >= 0.6 is 0 Å². The largest absolute Gasteiger partial charge is 0.492 e. The third kappa shape index (κ3) is 6.39. The normalized spacial score (nSPS) is 19.9. The van der Waals surface area contributed by atoms with Crippen molar-refractivity contribution < 1.29 is 13.2 Å². The number of hydrogen-bond acceptors (Lipinski definition) is 4. The van der Waals surface area contributed by atoms with Gasteiger partial charge in [-0.05, 0) is 38.3 Å². The van der Waals surface area contributed by atoms with Crippen LogP contribution in [0.5, 0.6) is 5.75 Å². The van der Waals surface area contributed by atoms with Crippen LogP contribution in [0.15, 0.2) is 29.3 Å². The third-order valence-corrected chi connectivity index (χ3v) is 5.70. The van der Waals surface area contributed by atoms with Crippen LogP contribution in [0.3, 0.4) is 0 Å². The van der Waals surface area contributed by atoms with Crippen LogP contribution in [0.25, 0.3) is 0 Å². The van der Waals surface area contributed by atoms with Crippen LogP contribution in [-0.2, 0) is 9.84 Å². The molecule has 24 heavy (non-hydrogen) atoms. The zero-order chi connectivity index (χ0) is 17.4. The number of aryl methyl sites for hydroxylation is 1. The van der Waals surface area contributed by atoms with Crippen LogP contribution in [-0.4, -0.2) is 52.1 Å². The lowest BCUT2D eigenvalue weighted by Crippen LogP contribution is -2.39. The molecule has 1 heterocycles. The molecule has 0 radical (unpaired) electrons. The Labute approximate surface area is 144 Å². The van der Waals surface area contributed by atoms with Gasteiger partial charge < -0.3 is 15.4 Å². The average molecular weight is 353 g/mol. The predicted molar refractivity (Wildman–Crippen MR) is 97.4 cm³/mol. The molecule has 0 aliphatic carbocycles. The molecule has 6 nitrogen and oxygen atoms in total. The monoisotopic (exact) mass is 353 g/mol. The number of aliphatic imine (C=N–C) groups is 1. The van der Waals surface area contributed by atoms with Gasteiger partial charge >= 0.3 is 0 Å². The average Bonchev–Trinajstić information content (AvgIpc) is 2.90. The van der Waals surface area contributed by atoms with E-state index in [4.69, 9.17) is 4.74 Å².